The maximum Gasteiger partial charge on any atom is 0.305 e. The third-order valence-corrected chi connectivity index (χ3v) is 7.38. The molecule has 0 amide bonds. The van der Waals surface area contributed by atoms with E-state index in [1.165, 1.54) is 0 Å². The lowest BCUT2D eigenvalue weighted by atomic mass is 9.70. The molecule has 1 aromatic carbocycles. The summed E-state index contributed by atoms with van der Waals surface area (Å²) in [4.78, 5) is 19.7. The molecule has 3 aliphatic rings. The Hall–Kier alpha value is -2.97. The summed E-state index contributed by atoms with van der Waals surface area (Å²) in [5, 5.41) is 0. The molecule has 8 nitrogen and oxygen atoms in total. The summed E-state index contributed by atoms with van der Waals surface area (Å²) in [7, 11) is 1.65. The number of methoxy groups -OCH3 is 1. The molecular weight excluding hydrogens is 444 g/mol. The number of hydrogen-bond donors (Lipinski definition) is 2. The lowest BCUT2D eigenvalue weighted by Gasteiger charge is -2.37. The van der Waals surface area contributed by atoms with Crippen molar-refractivity contribution >= 4 is 11.6 Å². The van der Waals surface area contributed by atoms with Crippen LogP contribution < -0.4 is 24.7 Å². The van der Waals surface area contributed by atoms with Crippen molar-refractivity contribution in [2.24, 2.45) is 5.41 Å². The fourth-order valence-corrected chi connectivity index (χ4v) is 5.54. The molecule has 2 aromatic rings. The van der Waals surface area contributed by atoms with Crippen molar-refractivity contribution in [2.45, 2.75) is 45.6 Å². The average Bonchev–Trinajstić information content (AvgIpc) is 2.84. The minimum absolute atomic E-state index is 0.119. The van der Waals surface area contributed by atoms with Crippen LogP contribution in [0.3, 0.4) is 0 Å². The number of nitrogens with zero attached hydrogens (tertiary/aromatic N) is 2. The average molecular weight is 481 g/mol. The summed E-state index contributed by atoms with van der Waals surface area (Å²) in [5.74, 6) is 2.41. The number of allylic oxidation sites excluding steroid dienone is 2. The molecule has 1 aliphatic carbocycles. The van der Waals surface area contributed by atoms with Gasteiger partial charge in [0.15, 0.2) is 5.78 Å². The lowest BCUT2D eigenvalue weighted by molar-refractivity contribution is -0.910. The van der Waals surface area contributed by atoms with Gasteiger partial charge < -0.3 is 24.8 Å². The van der Waals surface area contributed by atoms with Crippen LogP contribution in [0.25, 0.3) is 0 Å². The minimum atomic E-state index is -0.312. The summed E-state index contributed by atoms with van der Waals surface area (Å²) >= 11 is 0. The number of aryl methyl sites for hydroxylation is 1. The Morgan fingerprint density at radius 1 is 1.20 bits per heavy atom. The summed E-state index contributed by atoms with van der Waals surface area (Å²) < 4.78 is 19.1. The van der Waals surface area contributed by atoms with E-state index in [0.29, 0.717) is 30.1 Å². The monoisotopic (exact) mass is 480 g/mol. The number of quaternary nitrogens is 1. The van der Waals surface area contributed by atoms with E-state index >= 15 is 0 Å². The number of nitrogens with one attached hydrogen (secondary N) is 1. The highest BCUT2D eigenvalue weighted by Crippen LogP contribution is 2.50. The third-order valence-electron chi connectivity index (χ3n) is 7.38. The van der Waals surface area contributed by atoms with E-state index in [4.69, 9.17) is 19.9 Å². The number of aromatic nitrogens is 2. The predicted molar refractivity (Wildman–Crippen MR) is 130 cm³/mol. The Balaban J connectivity index is 1.50. The number of Topliss-reactive ketones (excluding diaryl/α,β-unsaturated/α-hetero) is 1. The number of ether oxygens (including phenoxy) is 3. The molecule has 35 heavy (non-hydrogen) atoms. The first-order valence-corrected chi connectivity index (χ1v) is 12.5. The molecule has 0 bridgehead atoms. The van der Waals surface area contributed by atoms with Crippen LogP contribution in [0, 0.1) is 5.41 Å². The van der Waals surface area contributed by atoms with Crippen molar-refractivity contribution < 1.29 is 28.5 Å². The molecule has 2 aliphatic heterocycles. The molecule has 8 heteroatoms. The van der Waals surface area contributed by atoms with Gasteiger partial charge in [-0.3, -0.25) is 4.79 Å². The summed E-state index contributed by atoms with van der Waals surface area (Å²) in [5.41, 5.74) is 9.11. The van der Waals surface area contributed by atoms with Crippen LogP contribution in [0.4, 0.5) is 5.82 Å². The largest absolute Gasteiger partial charge is 0.497 e. The van der Waals surface area contributed by atoms with Crippen molar-refractivity contribution in [3.8, 4) is 11.6 Å². The number of ketones is 1. The normalized spacial score (nSPS) is 21.8. The Labute approximate surface area is 206 Å². The molecule has 1 aromatic heterocycles. The number of morpholine rings is 1. The van der Waals surface area contributed by atoms with Gasteiger partial charge in [-0.1, -0.05) is 31.0 Å². The number of fused-ring (bicyclic) bond motifs is 1. The fraction of sp³-hybridized carbons (Fsp3) is 0.519. The number of benzene rings is 1. The van der Waals surface area contributed by atoms with Gasteiger partial charge in [0.2, 0.25) is 12.1 Å². The van der Waals surface area contributed by atoms with Crippen LogP contribution in [0.5, 0.6) is 11.6 Å². The molecular formula is C27H36N4O4+2. The van der Waals surface area contributed by atoms with E-state index in [1.807, 2.05) is 28.8 Å². The first kappa shape index (κ1) is 23.8. The standard InChI is InChI=1S/C27H34N4O4/c1-27(2)15-20(32)23-21(16-27)35-26-24(22(23)18-5-7-19(33-3)8-6-18)25(28)31(17-29-26)10-4-9-30-11-13-34-14-12-30/h5-8,17,22,28H,4,9-16H2,1-3H3/p+2/t22-/m1/s1. The van der Waals surface area contributed by atoms with Crippen molar-refractivity contribution in [3.63, 3.8) is 0 Å². The van der Waals surface area contributed by atoms with Crippen LogP contribution in [0.2, 0.25) is 0 Å². The Bertz CT molecular complexity index is 1140. The van der Waals surface area contributed by atoms with Crippen LogP contribution >= 0.6 is 0 Å². The second-order valence-electron chi connectivity index (χ2n) is 10.6. The molecule has 1 saturated heterocycles. The predicted octanol–water partition coefficient (Wildman–Crippen LogP) is 1.43. The van der Waals surface area contributed by atoms with E-state index in [-0.39, 0.29) is 17.1 Å². The number of anilines is 1. The second-order valence-corrected chi connectivity index (χ2v) is 10.6. The lowest BCUT2D eigenvalue weighted by Crippen LogP contribution is -3.14. The summed E-state index contributed by atoms with van der Waals surface area (Å²) in [6.45, 7) is 9.78. The van der Waals surface area contributed by atoms with Gasteiger partial charge in [0.05, 0.1) is 39.3 Å². The molecule has 3 heterocycles. The van der Waals surface area contributed by atoms with Crippen molar-refractivity contribution in [3.05, 3.63) is 53.1 Å². The molecule has 0 unspecified atom stereocenters. The van der Waals surface area contributed by atoms with Gasteiger partial charge >= 0.3 is 5.88 Å². The molecule has 1 fully saturated rings. The van der Waals surface area contributed by atoms with Crippen molar-refractivity contribution in [1.82, 2.24) is 4.98 Å². The maximum absolute atomic E-state index is 13.5. The highest BCUT2D eigenvalue weighted by Gasteiger charge is 2.45. The van der Waals surface area contributed by atoms with Gasteiger partial charge in [0, 0.05) is 24.8 Å². The molecule has 186 valence electrons. The van der Waals surface area contributed by atoms with Crippen molar-refractivity contribution in [2.75, 3.05) is 45.7 Å². The number of rotatable bonds is 6. The van der Waals surface area contributed by atoms with E-state index in [1.54, 1.807) is 18.3 Å². The highest BCUT2D eigenvalue weighted by atomic mass is 16.5. The molecule has 1 atom stereocenters. The number of carbonyl (C=O) groups excluding carboxylic acids is 1. The molecule has 5 rings (SSSR count). The summed E-state index contributed by atoms with van der Waals surface area (Å²) in [6.07, 6.45) is 3.94. The fourth-order valence-electron chi connectivity index (χ4n) is 5.54. The quantitative estimate of drug-likeness (QED) is 0.608. The first-order chi connectivity index (χ1) is 16.9. The molecule has 0 saturated carbocycles. The van der Waals surface area contributed by atoms with Crippen LogP contribution in [0.1, 0.15) is 50.2 Å². The zero-order valence-electron chi connectivity index (χ0n) is 20.9. The van der Waals surface area contributed by atoms with Crippen LogP contribution in [-0.4, -0.2) is 50.7 Å². The number of nitrogens with two attached hydrogens (primary N) is 1. The van der Waals surface area contributed by atoms with Crippen LogP contribution in [0.15, 0.2) is 41.9 Å². The first-order valence-electron chi connectivity index (χ1n) is 12.5. The van der Waals surface area contributed by atoms with Gasteiger partial charge in [-0.15, -0.1) is 0 Å². The van der Waals surface area contributed by atoms with Gasteiger partial charge in [-0.05, 0) is 23.1 Å². The number of nitrogen functional groups attached to an aromatic ring is 1. The smallest absolute Gasteiger partial charge is 0.305 e. The van der Waals surface area contributed by atoms with E-state index in [2.05, 4.69) is 18.8 Å². The molecule has 3 N–H and O–H groups in total. The Kier molecular flexibility index (Phi) is 6.51. The van der Waals surface area contributed by atoms with Gasteiger partial charge in [-0.2, -0.15) is 0 Å². The summed E-state index contributed by atoms with van der Waals surface area (Å²) in [6, 6.07) is 7.87. The Morgan fingerprint density at radius 2 is 1.94 bits per heavy atom. The SMILES string of the molecule is COc1ccc([C@@H]2C3=C(CC(C)(C)CC3=O)Oc3nc[n+](CCC[NH+]4CCOCC4)c(N)c32)cc1. The van der Waals surface area contributed by atoms with Gasteiger partial charge in [0.1, 0.15) is 30.2 Å². The topological polar surface area (TPSA) is 92.0 Å². The van der Waals surface area contributed by atoms with Crippen LogP contribution in [-0.2, 0) is 16.1 Å². The van der Waals surface area contributed by atoms with Gasteiger partial charge in [0.25, 0.3) is 0 Å². The Morgan fingerprint density at radius 3 is 2.66 bits per heavy atom. The maximum atomic E-state index is 13.5. The van der Waals surface area contributed by atoms with Crippen molar-refractivity contribution in [1.29, 1.82) is 0 Å². The van der Waals surface area contributed by atoms with E-state index < -0.39 is 0 Å². The zero-order valence-corrected chi connectivity index (χ0v) is 20.9. The van der Waals surface area contributed by atoms with Gasteiger partial charge in [-0.25, -0.2) is 4.57 Å². The highest BCUT2D eigenvalue weighted by molar-refractivity contribution is 6.00. The third kappa shape index (κ3) is 4.77. The number of hydrogen-bond acceptors (Lipinski definition) is 6. The molecule has 0 radical (unpaired) electrons. The zero-order chi connectivity index (χ0) is 24.6. The second kappa shape index (κ2) is 9.59. The number of carbonyl (C=O) groups is 1. The molecule has 0 spiro atoms. The van der Waals surface area contributed by atoms with E-state index in [9.17, 15) is 4.79 Å². The van der Waals surface area contributed by atoms with E-state index in [0.717, 1.165) is 68.4 Å². The minimum Gasteiger partial charge on any atom is -0.497 e.